The fraction of sp³-hybridized carbons (Fsp3) is 0.714. The van der Waals surface area contributed by atoms with Crippen molar-refractivity contribution < 1.29 is 9.90 Å². The van der Waals surface area contributed by atoms with Crippen LogP contribution in [0, 0.1) is 5.92 Å². The smallest absolute Gasteiger partial charge is 0.320 e. The van der Waals surface area contributed by atoms with Gasteiger partial charge in [-0.3, -0.25) is 14.4 Å². The quantitative estimate of drug-likeness (QED) is 0.896. The molecule has 0 amide bonds. The molecule has 5 nitrogen and oxygen atoms in total. The Balaban J connectivity index is 1.69. The number of hydrogen-bond acceptors (Lipinski definition) is 3. The van der Waals surface area contributed by atoms with Crippen LogP contribution in [-0.4, -0.2) is 44.4 Å². The van der Waals surface area contributed by atoms with Gasteiger partial charge in [0.05, 0.1) is 6.54 Å². The molecule has 104 valence electrons. The molecule has 1 aliphatic heterocycles. The first-order valence-electron chi connectivity index (χ1n) is 7.21. The van der Waals surface area contributed by atoms with Crippen molar-refractivity contribution in [2.45, 2.75) is 50.7 Å². The highest BCUT2D eigenvalue weighted by molar-refractivity contribution is 5.74. The summed E-state index contributed by atoms with van der Waals surface area (Å²) in [6.45, 7) is 1.57. The summed E-state index contributed by atoms with van der Waals surface area (Å²) in [5.41, 5.74) is 0. The minimum atomic E-state index is -0.658. The maximum absolute atomic E-state index is 11.5. The van der Waals surface area contributed by atoms with Gasteiger partial charge in [0, 0.05) is 25.0 Å². The van der Waals surface area contributed by atoms with E-state index in [1.54, 1.807) is 6.20 Å². The zero-order valence-corrected chi connectivity index (χ0v) is 11.1. The summed E-state index contributed by atoms with van der Waals surface area (Å²) >= 11 is 0. The molecule has 0 spiro atoms. The third kappa shape index (κ3) is 2.52. The lowest BCUT2D eigenvalue weighted by Gasteiger charge is -2.32. The van der Waals surface area contributed by atoms with Gasteiger partial charge in [-0.25, -0.2) is 0 Å². The summed E-state index contributed by atoms with van der Waals surface area (Å²) in [6.07, 6.45) is 9.40. The largest absolute Gasteiger partial charge is 0.480 e. The molecule has 1 aromatic heterocycles. The van der Waals surface area contributed by atoms with Gasteiger partial charge in [-0.1, -0.05) is 12.8 Å². The Morgan fingerprint density at radius 3 is 2.89 bits per heavy atom. The molecule has 1 aromatic rings. The number of hydrogen-bond donors (Lipinski definition) is 1. The van der Waals surface area contributed by atoms with Crippen molar-refractivity contribution >= 4 is 5.97 Å². The van der Waals surface area contributed by atoms with Gasteiger partial charge in [-0.15, -0.1) is 0 Å². The van der Waals surface area contributed by atoms with Crippen LogP contribution in [0.1, 0.15) is 32.1 Å². The molecule has 1 saturated carbocycles. The van der Waals surface area contributed by atoms with Crippen LogP contribution in [0.2, 0.25) is 0 Å². The van der Waals surface area contributed by atoms with E-state index in [2.05, 4.69) is 10.00 Å². The molecule has 2 aliphatic rings. The van der Waals surface area contributed by atoms with E-state index in [1.807, 2.05) is 16.9 Å². The first-order valence-corrected chi connectivity index (χ1v) is 7.21. The van der Waals surface area contributed by atoms with Gasteiger partial charge in [-0.2, -0.15) is 5.10 Å². The predicted octanol–water partition coefficient (Wildman–Crippen LogP) is 1.60. The SMILES string of the molecule is O=C(O)[C@@H]1C[C@@H]2CCCC[C@H]2N1CCn1cccn1. The molecule has 0 unspecified atom stereocenters. The van der Waals surface area contributed by atoms with Crippen molar-refractivity contribution in [3.05, 3.63) is 18.5 Å². The number of aliphatic carboxylic acids is 1. The Morgan fingerprint density at radius 2 is 2.16 bits per heavy atom. The van der Waals surface area contributed by atoms with Crippen LogP contribution in [0.3, 0.4) is 0 Å². The van der Waals surface area contributed by atoms with Crippen LogP contribution in [-0.2, 0) is 11.3 Å². The fourth-order valence-electron chi connectivity index (χ4n) is 3.77. The van der Waals surface area contributed by atoms with E-state index >= 15 is 0 Å². The standard InChI is InChI=1S/C14H21N3O2/c18-14(19)13-10-11-4-1-2-5-12(11)17(13)9-8-16-7-3-6-15-16/h3,6-7,11-13H,1-2,4-5,8-10H2,(H,18,19)/t11-,12+,13-/m0/s1. The van der Waals surface area contributed by atoms with Gasteiger partial charge in [0.25, 0.3) is 0 Å². The van der Waals surface area contributed by atoms with Crippen LogP contribution >= 0.6 is 0 Å². The number of likely N-dealkylation sites (tertiary alicyclic amines) is 1. The van der Waals surface area contributed by atoms with E-state index < -0.39 is 5.97 Å². The van der Waals surface area contributed by atoms with Crippen molar-refractivity contribution in [1.82, 2.24) is 14.7 Å². The molecule has 2 heterocycles. The first-order chi connectivity index (χ1) is 9.25. The van der Waals surface area contributed by atoms with Crippen molar-refractivity contribution in [3.8, 4) is 0 Å². The van der Waals surface area contributed by atoms with Gasteiger partial charge in [0.15, 0.2) is 0 Å². The number of rotatable bonds is 4. The molecule has 3 atom stereocenters. The Hall–Kier alpha value is -1.36. The molecular formula is C14H21N3O2. The van der Waals surface area contributed by atoms with Crippen molar-refractivity contribution in [3.63, 3.8) is 0 Å². The van der Waals surface area contributed by atoms with E-state index in [9.17, 15) is 9.90 Å². The Bertz CT molecular complexity index is 432. The van der Waals surface area contributed by atoms with Crippen molar-refractivity contribution in [2.75, 3.05) is 6.54 Å². The number of fused-ring (bicyclic) bond motifs is 1. The molecule has 0 radical (unpaired) electrons. The third-order valence-electron chi connectivity index (χ3n) is 4.65. The molecular weight excluding hydrogens is 242 g/mol. The van der Waals surface area contributed by atoms with Gasteiger partial charge >= 0.3 is 5.97 Å². The second-order valence-corrected chi connectivity index (χ2v) is 5.71. The Kier molecular flexibility index (Phi) is 3.55. The summed E-state index contributed by atoms with van der Waals surface area (Å²) in [6, 6.07) is 2.09. The topological polar surface area (TPSA) is 58.4 Å². The number of aromatic nitrogens is 2. The molecule has 1 aliphatic carbocycles. The summed E-state index contributed by atoms with van der Waals surface area (Å²) in [4.78, 5) is 13.7. The van der Waals surface area contributed by atoms with Crippen molar-refractivity contribution in [1.29, 1.82) is 0 Å². The summed E-state index contributed by atoms with van der Waals surface area (Å²) in [5.74, 6) is -0.0673. The lowest BCUT2D eigenvalue weighted by molar-refractivity contribution is -0.142. The number of carbonyl (C=O) groups is 1. The molecule has 1 N–H and O–H groups in total. The van der Waals surface area contributed by atoms with E-state index in [1.165, 1.54) is 19.3 Å². The molecule has 0 aromatic carbocycles. The average molecular weight is 263 g/mol. The van der Waals surface area contributed by atoms with Crippen LogP contribution in [0.25, 0.3) is 0 Å². The monoisotopic (exact) mass is 263 g/mol. The van der Waals surface area contributed by atoms with Crippen LogP contribution < -0.4 is 0 Å². The Morgan fingerprint density at radius 1 is 1.32 bits per heavy atom. The van der Waals surface area contributed by atoms with Crippen LogP contribution in [0.5, 0.6) is 0 Å². The third-order valence-corrected chi connectivity index (χ3v) is 4.65. The zero-order chi connectivity index (χ0) is 13.2. The van der Waals surface area contributed by atoms with E-state index in [-0.39, 0.29) is 6.04 Å². The van der Waals surface area contributed by atoms with Gasteiger partial charge in [0.1, 0.15) is 6.04 Å². The predicted molar refractivity (Wildman–Crippen MR) is 70.7 cm³/mol. The van der Waals surface area contributed by atoms with E-state index in [4.69, 9.17) is 0 Å². The first kappa shape index (κ1) is 12.7. The van der Waals surface area contributed by atoms with E-state index in [0.717, 1.165) is 25.9 Å². The molecule has 2 fully saturated rings. The van der Waals surface area contributed by atoms with Gasteiger partial charge in [0.2, 0.25) is 0 Å². The number of carboxylic acids is 1. The fourth-order valence-corrected chi connectivity index (χ4v) is 3.77. The molecule has 19 heavy (non-hydrogen) atoms. The highest BCUT2D eigenvalue weighted by atomic mass is 16.4. The average Bonchev–Trinajstić information content (AvgIpc) is 3.03. The lowest BCUT2D eigenvalue weighted by Crippen LogP contribution is -2.43. The summed E-state index contributed by atoms with van der Waals surface area (Å²) in [7, 11) is 0. The van der Waals surface area contributed by atoms with Gasteiger partial charge < -0.3 is 5.11 Å². The van der Waals surface area contributed by atoms with E-state index in [0.29, 0.717) is 12.0 Å². The number of carboxylic acid groups (broad SMARTS) is 1. The second-order valence-electron chi connectivity index (χ2n) is 5.71. The molecule has 0 bridgehead atoms. The Labute approximate surface area is 113 Å². The normalized spacial score (nSPS) is 31.3. The zero-order valence-electron chi connectivity index (χ0n) is 11.1. The highest BCUT2D eigenvalue weighted by Gasteiger charge is 2.44. The minimum absolute atomic E-state index is 0.288. The van der Waals surface area contributed by atoms with Crippen molar-refractivity contribution in [2.24, 2.45) is 5.92 Å². The summed E-state index contributed by atoms with van der Waals surface area (Å²) < 4.78 is 1.88. The minimum Gasteiger partial charge on any atom is -0.480 e. The molecule has 1 saturated heterocycles. The lowest BCUT2D eigenvalue weighted by atomic mass is 9.85. The number of nitrogens with zero attached hydrogens (tertiary/aromatic N) is 3. The van der Waals surface area contributed by atoms with Crippen LogP contribution in [0.15, 0.2) is 18.5 Å². The van der Waals surface area contributed by atoms with Gasteiger partial charge in [-0.05, 0) is 31.2 Å². The van der Waals surface area contributed by atoms with Crippen LogP contribution in [0.4, 0.5) is 0 Å². The second kappa shape index (κ2) is 5.33. The maximum atomic E-state index is 11.5. The molecule has 3 rings (SSSR count). The highest BCUT2D eigenvalue weighted by Crippen LogP contribution is 2.39. The molecule has 5 heteroatoms. The summed E-state index contributed by atoms with van der Waals surface area (Å²) in [5, 5.41) is 13.6. The maximum Gasteiger partial charge on any atom is 0.320 e.